The van der Waals surface area contributed by atoms with Gasteiger partial charge in [-0.1, -0.05) is 42.1 Å². The van der Waals surface area contributed by atoms with E-state index in [1.165, 1.54) is 17.4 Å². The van der Waals surface area contributed by atoms with Gasteiger partial charge in [-0.2, -0.15) is 0 Å². The quantitative estimate of drug-likeness (QED) is 0.523. The number of hydrogen-bond donors (Lipinski definition) is 1. The Balaban J connectivity index is 1.26. The standard InChI is InChI=1S/C24H27N5O2S/c1-2-31-21-11-7-6-10-20(21)25-23(30)18-32-24-13-12-22(26-27-24)29-16-14-28(15-17-29)19-8-4-3-5-9-19/h3-13H,2,14-18H2,1H3,(H,25,30). The number of carbonyl (C=O) groups excluding carboxylic acids is 1. The van der Waals surface area contributed by atoms with Gasteiger partial charge < -0.3 is 19.9 Å². The van der Waals surface area contributed by atoms with Crippen LogP contribution in [0.2, 0.25) is 0 Å². The molecule has 1 amide bonds. The fourth-order valence-electron chi connectivity index (χ4n) is 3.57. The number of amides is 1. The molecule has 8 heteroatoms. The van der Waals surface area contributed by atoms with Crippen LogP contribution >= 0.6 is 11.8 Å². The molecule has 166 valence electrons. The molecule has 4 rings (SSSR count). The Bertz CT molecular complexity index is 1010. The SMILES string of the molecule is CCOc1ccccc1NC(=O)CSc1ccc(N2CCN(c3ccccc3)CC2)nn1. The van der Waals surface area contributed by atoms with Crippen molar-refractivity contribution in [2.45, 2.75) is 11.9 Å². The summed E-state index contributed by atoms with van der Waals surface area (Å²) in [6.45, 7) is 6.16. The van der Waals surface area contributed by atoms with E-state index < -0.39 is 0 Å². The molecule has 1 saturated heterocycles. The molecular weight excluding hydrogens is 422 g/mol. The first kappa shape index (κ1) is 22.0. The summed E-state index contributed by atoms with van der Waals surface area (Å²) < 4.78 is 5.55. The van der Waals surface area contributed by atoms with E-state index in [1.54, 1.807) is 0 Å². The summed E-state index contributed by atoms with van der Waals surface area (Å²) in [5, 5.41) is 12.3. The maximum absolute atomic E-state index is 12.4. The van der Waals surface area contributed by atoms with Crippen LogP contribution in [-0.4, -0.2) is 54.6 Å². The zero-order chi connectivity index (χ0) is 22.2. The van der Waals surface area contributed by atoms with Crippen LogP contribution in [0.5, 0.6) is 5.75 Å². The van der Waals surface area contributed by atoms with Crippen LogP contribution in [0.3, 0.4) is 0 Å². The Hall–Kier alpha value is -3.26. The number of aromatic nitrogens is 2. The van der Waals surface area contributed by atoms with Crippen molar-refractivity contribution in [3.63, 3.8) is 0 Å². The average molecular weight is 450 g/mol. The van der Waals surface area contributed by atoms with Crippen molar-refractivity contribution in [1.82, 2.24) is 10.2 Å². The molecule has 0 radical (unpaired) electrons. The van der Waals surface area contributed by atoms with E-state index in [2.05, 4.69) is 49.6 Å². The zero-order valence-corrected chi connectivity index (χ0v) is 18.9. The number of nitrogens with one attached hydrogen (secondary N) is 1. The molecule has 32 heavy (non-hydrogen) atoms. The number of para-hydroxylation sites is 3. The lowest BCUT2D eigenvalue weighted by molar-refractivity contribution is -0.113. The van der Waals surface area contributed by atoms with E-state index in [0.717, 1.165) is 37.0 Å². The second kappa shape index (κ2) is 10.9. The Morgan fingerprint density at radius 3 is 2.38 bits per heavy atom. The Morgan fingerprint density at radius 2 is 1.66 bits per heavy atom. The van der Waals surface area contributed by atoms with Gasteiger partial charge in [0.15, 0.2) is 5.82 Å². The summed E-state index contributed by atoms with van der Waals surface area (Å²) in [4.78, 5) is 17.0. The van der Waals surface area contributed by atoms with Crippen LogP contribution in [0.4, 0.5) is 17.2 Å². The molecule has 1 aliphatic heterocycles. The Morgan fingerprint density at radius 1 is 0.938 bits per heavy atom. The molecule has 1 aliphatic rings. The third-order valence-corrected chi connectivity index (χ3v) is 6.08. The van der Waals surface area contributed by atoms with Crippen LogP contribution in [-0.2, 0) is 4.79 Å². The first-order valence-electron chi connectivity index (χ1n) is 10.8. The summed E-state index contributed by atoms with van der Waals surface area (Å²) >= 11 is 1.37. The van der Waals surface area contributed by atoms with Crippen LogP contribution in [0.1, 0.15) is 6.92 Å². The summed E-state index contributed by atoms with van der Waals surface area (Å²) in [6.07, 6.45) is 0. The van der Waals surface area contributed by atoms with Gasteiger partial charge in [0.1, 0.15) is 10.8 Å². The number of rotatable bonds is 8. The third-order valence-electron chi connectivity index (χ3n) is 5.16. The molecule has 0 saturated carbocycles. The van der Waals surface area contributed by atoms with E-state index in [4.69, 9.17) is 4.74 Å². The second-order valence-electron chi connectivity index (χ2n) is 7.31. The highest BCUT2D eigenvalue weighted by molar-refractivity contribution is 7.99. The highest BCUT2D eigenvalue weighted by Crippen LogP contribution is 2.25. The lowest BCUT2D eigenvalue weighted by Crippen LogP contribution is -2.46. The van der Waals surface area contributed by atoms with Gasteiger partial charge in [-0.05, 0) is 43.3 Å². The summed E-state index contributed by atoms with van der Waals surface area (Å²) in [5.74, 6) is 1.69. The molecule has 0 spiro atoms. The van der Waals surface area contributed by atoms with Crippen molar-refractivity contribution in [3.8, 4) is 5.75 Å². The van der Waals surface area contributed by atoms with Crippen molar-refractivity contribution in [2.24, 2.45) is 0 Å². The number of thioether (sulfide) groups is 1. The highest BCUT2D eigenvalue weighted by atomic mass is 32.2. The first-order valence-corrected chi connectivity index (χ1v) is 11.7. The number of piperazine rings is 1. The topological polar surface area (TPSA) is 70.6 Å². The predicted molar refractivity (Wildman–Crippen MR) is 130 cm³/mol. The van der Waals surface area contributed by atoms with E-state index in [9.17, 15) is 4.79 Å². The molecule has 2 heterocycles. The molecule has 0 aliphatic carbocycles. The summed E-state index contributed by atoms with van der Waals surface area (Å²) in [7, 11) is 0. The van der Waals surface area contributed by atoms with Crippen molar-refractivity contribution < 1.29 is 9.53 Å². The van der Waals surface area contributed by atoms with Crippen molar-refractivity contribution in [3.05, 3.63) is 66.7 Å². The molecule has 7 nitrogen and oxygen atoms in total. The lowest BCUT2D eigenvalue weighted by Gasteiger charge is -2.36. The van der Waals surface area contributed by atoms with Gasteiger partial charge in [-0.25, -0.2) is 0 Å². The number of carbonyl (C=O) groups is 1. The third kappa shape index (κ3) is 5.70. The summed E-state index contributed by atoms with van der Waals surface area (Å²) in [5.41, 5.74) is 1.93. The van der Waals surface area contributed by atoms with Crippen LogP contribution in [0, 0.1) is 0 Å². The highest BCUT2D eigenvalue weighted by Gasteiger charge is 2.18. The molecule has 0 bridgehead atoms. The largest absolute Gasteiger partial charge is 0.492 e. The van der Waals surface area contributed by atoms with Crippen LogP contribution < -0.4 is 19.9 Å². The molecule has 0 unspecified atom stereocenters. The monoisotopic (exact) mass is 449 g/mol. The minimum atomic E-state index is -0.106. The van der Waals surface area contributed by atoms with Crippen LogP contribution in [0.25, 0.3) is 0 Å². The molecule has 3 aromatic rings. The van der Waals surface area contributed by atoms with E-state index in [1.807, 2.05) is 49.4 Å². The molecule has 0 atom stereocenters. The minimum Gasteiger partial charge on any atom is -0.492 e. The van der Waals surface area contributed by atoms with Gasteiger partial charge >= 0.3 is 0 Å². The predicted octanol–water partition coefficient (Wildman–Crippen LogP) is 3.93. The number of anilines is 3. The number of ether oxygens (including phenoxy) is 1. The maximum atomic E-state index is 12.4. The molecule has 1 N–H and O–H groups in total. The fraction of sp³-hybridized carbons (Fsp3) is 0.292. The zero-order valence-electron chi connectivity index (χ0n) is 18.1. The van der Waals surface area contributed by atoms with Gasteiger partial charge in [-0.3, -0.25) is 4.79 Å². The molecule has 1 fully saturated rings. The normalized spacial score (nSPS) is 13.7. The van der Waals surface area contributed by atoms with Crippen molar-refractivity contribution in [2.75, 3.05) is 53.7 Å². The maximum Gasteiger partial charge on any atom is 0.234 e. The Kier molecular flexibility index (Phi) is 7.45. The number of benzene rings is 2. The minimum absolute atomic E-state index is 0.106. The number of hydrogen-bond acceptors (Lipinski definition) is 7. The van der Waals surface area contributed by atoms with Gasteiger partial charge in [0.25, 0.3) is 0 Å². The number of nitrogens with zero attached hydrogens (tertiary/aromatic N) is 4. The van der Waals surface area contributed by atoms with Crippen molar-refractivity contribution in [1.29, 1.82) is 0 Å². The first-order chi connectivity index (χ1) is 15.7. The van der Waals surface area contributed by atoms with Gasteiger partial charge in [0.2, 0.25) is 5.91 Å². The fourth-order valence-corrected chi connectivity index (χ4v) is 4.18. The molecular formula is C24H27N5O2S. The van der Waals surface area contributed by atoms with Crippen molar-refractivity contribution >= 4 is 34.9 Å². The van der Waals surface area contributed by atoms with Crippen LogP contribution in [0.15, 0.2) is 71.8 Å². The molecule has 2 aromatic carbocycles. The van der Waals surface area contributed by atoms with Gasteiger partial charge in [0.05, 0.1) is 18.0 Å². The smallest absolute Gasteiger partial charge is 0.234 e. The Labute approximate surface area is 192 Å². The summed E-state index contributed by atoms with van der Waals surface area (Å²) in [6, 6.07) is 21.8. The lowest BCUT2D eigenvalue weighted by atomic mass is 10.2. The molecule has 1 aromatic heterocycles. The van der Waals surface area contributed by atoms with Gasteiger partial charge in [0, 0.05) is 31.9 Å². The average Bonchev–Trinajstić information content (AvgIpc) is 2.85. The van der Waals surface area contributed by atoms with Gasteiger partial charge in [-0.15, -0.1) is 10.2 Å². The van der Waals surface area contributed by atoms with E-state index in [0.29, 0.717) is 18.0 Å². The van der Waals surface area contributed by atoms with E-state index in [-0.39, 0.29) is 11.7 Å². The van der Waals surface area contributed by atoms with E-state index >= 15 is 0 Å². The second-order valence-corrected chi connectivity index (χ2v) is 8.30.